The van der Waals surface area contributed by atoms with Gasteiger partial charge in [-0.15, -0.1) is 0 Å². The van der Waals surface area contributed by atoms with Crippen molar-refractivity contribution in [2.45, 2.75) is 44.9 Å². The van der Waals surface area contributed by atoms with E-state index in [0.717, 1.165) is 5.41 Å². The van der Waals surface area contributed by atoms with Crippen LogP contribution in [0.5, 0.6) is 0 Å². The zero-order chi connectivity index (χ0) is 8.44. The third-order valence-electron chi connectivity index (χ3n) is 3.68. The molecule has 0 aromatic carbocycles. The Kier molecular flexibility index (Phi) is 2.95. The first kappa shape index (κ1) is 9.25. The van der Waals surface area contributed by atoms with E-state index in [1.165, 1.54) is 58.0 Å². The minimum absolute atomic E-state index is 0.792. The molecule has 1 aliphatic heterocycles. The van der Waals surface area contributed by atoms with Gasteiger partial charge in [-0.05, 0) is 31.1 Å². The van der Waals surface area contributed by atoms with Gasteiger partial charge in [-0.3, -0.25) is 0 Å². The van der Waals surface area contributed by atoms with E-state index in [-0.39, 0.29) is 0 Å². The Morgan fingerprint density at radius 3 is 2.00 bits per heavy atom. The van der Waals surface area contributed by atoms with Gasteiger partial charge in [0.2, 0.25) is 0 Å². The van der Waals surface area contributed by atoms with Gasteiger partial charge < -0.3 is 0 Å². The largest absolute Gasteiger partial charge is 0.248 e. The molecule has 0 radical (unpaired) electrons. The number of piperidine rings is 1. The third kappa shape index (κ3) is 1.95. The van der Waals surface area contributed by atoms with Gasteiger partial charge >= 0.3 is 0 Å². The average Bonchev–Trinajstić information content (AvgIpc) is 2.13. The minimum atomic E-state index is 0.792. The molecule has 1 saturated heterocycles. The lowest BCUT2D eigenvalue weighted by Gasteiger charge is -2.42. The van der Waals surface area contributed by atoms with Crippen molar-refractivity contribution >= 4 is 22.9 Å². The minimum Gasteiger partial charge on any atom is -0.248 e. The van der Waals surface area contributed by atoms with Crippen LogP contribution in [0.1, 0.15) is 44.9 Å². The van der Waals surface area contributed by atoms with Crippen LogP contribution in [-0.4, -0.2) is 16.2 Å². The molecule has 0 unspecified atom stereocenters. The highest BCUT2D eigenvalue weighted by atomic mass is 127. The first-order valence-corrected chi connectivity index (χ1v) is 6.18. The van der Waals surface area contributed by atoms with Gasteiger partial charge in [-0.2, -0.15) is 0 Å². The van der Waals surface area contributed by atoms with Crippen LogP contribution in [0.4, 0.5) is 0 Å². The van der Waals surface area contributed by atoms with Gasteiger partial charge in [-0.25, -0.2) is 3.11 Å². The summed E-state index contributed by atoms with van der Waals surface area (Å²) in [4.78, 5) is 0. The molecule has 2 rings (SSSR count). The second-order valence-electron chi connectivity index (χ2n) is 4.47. The van der Waals surface area contributed by atoms with Crippen LogP contribution in [-0.2, 0) is 0 Å². The summed E-state index contributed by atoms with van der Waals surface area (Å²) < 4.78 is 2.46. The van der Waals surface area contributed by atoms with Crippen LogP contribution >= 0.6 is 22.9 Å². The number of rotatable bonds is 0. The van der Waals surface area contributed by atoms with Crippen LogP contribution in [0.15, 0.2) is 0 Å². The molecule has 1 saturated carbocycles. The van der Waals surface area contributed by atoms with Crippen LogP contribution in [0, 0.1) is 5.41 Å². The third-order valence-corrected chi connectivity index (χ3v) is 4.65. The van der Waals surface area contributed by atoms with Gasteiger partial charge in [0.25, 0.3) is 0 Å². The molecule has 1 heterocycles. The van der Waals surface area contributed by atoms with Gasteiger partial charge in [0.15, 0.2) is 0 Å². The van der Waals surface area contributed by atoms with E-state index in [2.05, 4.69) is 26.0 Å². The zero-order valence-corrected chi connectivity index (χ0v) is 9.85. The van der Waals surface area contributed by atoms with Gasteiger partial charge in [0.1, 0.15) is 0 Å². The summed E-state index contributed by atoms with van der Waals surface area (Å²) in [6, 6.07) is 0. The zero-order valence-electron chi connectivity index (χ0n) is 7.69. The molecule has 0 aromatic heterocycles. The smallest absolute Gasteiger partial charge is 0.0201 e. The Labute approximate surface area is 89.4 Å². The molecule has 0 aromatic rings. The molecule has 1 spiro atoms. The van der Waals surface area contributed by atoms with Crippen molar-refractivity contribution in [1.82, 2.24) is 3.11 Å². The molecule has 0 amide bonds. The molecule has 0 atom stereocenters. The fraction of sp³-hybridized carbons (Fsp3) is 1.00. The molecule has 2 heteroatoms. The van der Waals surface area contributed by atoms with Crippen molar-refractivity contribution in [3.63, 3.8) is 0 Å². The Hall–Kier alpha value is 0.690. The summed E-state index contributed by atoms with van der Waals surface area (Å²) in [5.41, 5.74) is 0.792. The lowest BCUT2D eigenvalue weighted by molar-refractivity contribution is 0.112. The van der Waals surface area contributed by atoms with Gasteiger partial charge in [-0.1, -0.05) is 19.3 Å². The first-order valence-electron chi connectivity index (χ1n) is 5.22. The molecular formula is C10H18IN. The topological polar surface area (TPSA) is 3.24 Å². The Morgan fingerprint density at radius 2 is 1.42 bits per heavy atom. The highest BCUT2D eigenvalue weighted by molar-refractivity contribution is 14.1. The highest BCUT2D eigenvalue weighted by Crippen LogP contribution is 2.44. The van der Waals surface area contributed by atoms with Gasteiger partial charge in [0, 0.05) is 36.0 Å². The molecule has 1 aliphatic carbocycles. The second kappa shape index (κ2) is 3.82. The average molecular weight is 279 g/mol. The lowest BCUT2D eigenvalue weighted by atomic mass is 9.68. The molecular weight excluding hydrogens is 261 g/mol. The maximum absolute atomic E-state index is 2.47. The van der Waals surface area contributed by atoms with Gasteiger partial charge in [0.05, 0.1) is 0 Å². The molecule has 2 fully saturated rings. The van der Waals surface area contributed by atoms with E-state index >= 15 is 0 Å². The number of halogens is 1. The van der Waals surface area contributed by atoms with E-state index in [1.54, 1.807) is 0 Å². The predicted octanol–water partition coefficient (Wildman–Crippen LogP) is 3.38. The monoisotopic (exact) mass is 279 g/mol. The van der Waals surface area contributed by atoms with Crippen molar-refractivity contribution in [1.29, 1.82) is 0 Å². The second-order valence-corrected chi connectivity index (χ2v) is 5.84. The first-order chi connectivity index (χ1) is 5.81. The normalized spacial score (nSPS) is 30.8. The Balaban J connectivity index is 1.92. The summed E-state index contributed by atoms with van der Waals surface area (Å²) >= 11 is 2.47. The molecule has 70 valence electrons. The maximum Gasteiger partial charge on any atom is 0.0201 e. The summed E-state index contributed by atoms with van der Waals surface area (Å²) in [6.45, 7) is 2.67. The highest BCUT2D eigenvalue weighted by Gasteiger charge is 2.34. The van der Waals surface area contributed by atoms with E-state index in [1.807, 2.05) is 0 Å². The van der Waals surface area contributed by atoms with E-state index in [4.69, 9.17) is 0 Å². The number of hydrogen-bond acceptors (Lipinski definition) is 1. The van der Waals surface area contributed by atoms with Crippen LogP contribution < -0.4 is 0 Å². The maximum atomic E-state index is 2.47. The van der Waals surface area contributed by atoms with Crippen LogP contribution in [0.25, 0.3) is 0 Å². The standard InChI is InChI=1S/C10H18IN/c11-12-8-6-10(7-9-12)4-2-1-3-5-10/h1-9H2. The summed E-state index contributed by atoms with van der Waals surface area (Å²) in [5, 5.41) is 0. The van der Waals surface area contributed by atoms with Crippen LogP contribution in [0.3, 0.4) is 0 Å². The van der Waals surface area contributed by atoms with Crippen molar-refractivity contribution in [2.24, 2.45) is 5.41 Å². The van der Waals surface area contributed by atoms with E-state index < -0.39 is 0 Å². The molecule has 2 aliphatic rings. The fourth-order valence-electron chi connectivity index (χ4n) is 2.76. The molecule has 0 bridgehead atoms. The van der Waals surface area contributed by atoms with Crippen molar-refractivity contribution < 1.29 is 0 Å². The summed E-state index contributed by atoms with van der Waals surface area (Å²) in [7, 11) is 0. The quantitative estimate of drug-likeness (QED) is 0.485. The number of nitrogens with zero attached hydrogens (tertiary/aromatic N) is 1. The van der Waals surface area contributed by atoms with Crippen molar-refractivity contribution in [2.75, 3.05) is 13.1 Å². The Morgan fingerprint density at radius 1 is 0.833 bits per heavy atom. The molecule has 12 heavy (non-hydrogen) atoms. The Bertz CT molecular complexity index is 142. The predicted molar refractivity (Wildman–Crippen MR) is 60.3 cm³/mol. The van der Waals surface area contributed by atoms with Crippen LogP contribution in [0.2, 0.25) is 0 Å². The SMILES string of the molecule is IN1CCC2(CCCCC2)CC1. The summed E-state index contributed by atoms with van der Waals surface area (Å²) in [5.74, 6) is 0. The lowest BCUT2D eigenvalue weighted by Crippen LogP contribution is -2.36. The summed E-state index contributed by atoms with van der Waals surface area (Å²) in [6.07, 6.45) is 10.5. The van der Waals surface area contributed by atoms with Crippen molar-refractivity contribution in [3.8, 4) is 0 Å². The molecule has 0 N–H and O–H groups in total. The fourth-order valence-corrected chi connectivity index (χ4v) is 3.24. The molecule has 1 nitrogen and oxygen atoms in total. The van der Waals surface area contributed by atoms with Crippen molar-refractivity contribution in [3.05, 3.63) is 0 Å². The van der Waals surface area contributed by atoms with E-state index in [0.29, 0.717) is 0 Å². The van der Waals surface area contributed by atoms with E-state index in [9.17, 15) is 0 Å². The number of hydrogen-bond donors (Lipinski definition) is 0.